The van der Waals surface area contributed by atoms with Crippen LogP contribution in [0.4, 0.5) is 0 Å². The minimum absolute atomic E-state index is 0.0638. The van der Waals surface area contributed by atoms with Crippen molar-refractivity contribution in [3.05, 3.63) is 0 Å². The highest BCUT2D eigenvalue weighted by molar-refractivity contribution is 5.96. The molecule has 0 aromatic carbocycles. The van der Waals surface area contributed by atoms with Gasteiger partial charge in [-0.05, 0) is 57.9 Å². The molecule has 58 heavy (non-hydrogen) atoms. The largest absolute Gasteiger partial charge is 0.480 e. The first kappa shape index (κ1) is 49.9. The lowest BCUT2D eigenvalue weighted by molar-refractivity contribution is -0.142. The first-order chi connectivity index (χ1) is 27.2. The molecule has 24 nitrogen and oxygen atoms in total. The highest BCUT2D eigenvalue weighted by Gasteiger charge is 2.31. The molecule has 0 radical (unpaired) electrons. The van der Waals surface area contributed by atoms with Crippen LogP contribution in [0.15, 0.2) is 4.99 Å². The summed E-state index contributed by atoms with van der Waals surface area (Å²) in [4.78, 5) is 128. The first-order valence-electron chi connectivity index (χ1n) is 18.9. The van der Waals surface area contributed by atoms with Crippen LogP contribution >= 0.6 is 0 Å². The number of nitrogens with one attached hydrogen (secondary N) is 8. The van der Waals surface area contributed by atoms with E-state index in [1.807, 2.05) is 0 Å². The second kappa shape index (κ2) is 26.0. The minimum Gasteiger partial charge on any atom is -0.480 e. The van der Waals surface area contributed by atoms with Gasteiger partial charge in [0.15, 0.2) is 5.96 Å². The number of nitrogens with zero attached hydrogens (tertiary/aromatic N) is 1. The Kier molecular flexibility index (Phi) is 22.4. The van der Waals surface area contributed by atoms with E-state index in [1.54, 1.807) is 13.8 Å². The SMILES string of the molecule is CCC(C)C(NC(=O)CNC(=O)C(CCC(N)=O)NC(=O)C1CCCN1)C(=O)NC(C)C(=O)NCC(=O)NC(CCC(N)=O)C(=O)NC(CCCN=C(N)N)C(=O)O. The molecule has 0 saturated carbocycles. The van der Waals surface area contributed by atoms with Gasteiger partial charge in [-0.15, -0.1) is 0 Å². The second-order valence-corrected chi connectivity index (χ2v) is 13.8. The average Bonchev–Trinajstić information content (AvgIpc) is 3.71. The molecule has 1 saturated heterocycles. The average molecular weight is 826 g/mol. The standard InChI is InChI=1S/C34H59N13O11/c1-4-17(2)27(47-26(51)16-42-29(53)20(9-11-23(35)48)45-30(54)19-7-5-13-39-19)32(56)43-18(3)28(52)41-15-25(50)44-21(10-12-24(36)49)31(55)46-22(33(57)58)8-6-14-40-34(37)38/h17-22,27,39H,4-16H2,1-3H3,(H2,35,48)(H2,36,49)(H,41,52)(H,42,53)(H,43,56)(H,44,50)(H,45,54)(H,46,55)(H,47,51)(H,57,58)(H4,37,38,40). The molecule has 0 aromatic heterocycles. The molecule has 0 aromatic rings. The van der Waals surface area contributed by atoms with Gasteiger partial charge in [0.2, 0.25) is 53.2 Å². The van der Waals surface area contributed by atoms with Gasteiger partial charge < -0.3 is 70.6 Å². The Morgan fingerprint density at radius 1 is 0.707 bits per heavy atom. The molecule has 1 heterocycles. The summed E-state index contributed by atoms with van der Waals surface area (Å²) in [6.45, 7) is 4.18. The summed E-state index contributed by atoms with van der Waals surface area (Å²) in [5, 5.41) is 29.4. The minimum atomic E-state index is -1.41. The number of nitrogens with two attached hydrogens (primary N) is 4. The third-order valence-corrected chi connectivity index (χ3v) is 8.99. The molecule has 9 amide bonds. The lowest BCUT2D eigenvalue weighted by Gasteiger charge is -2.26. The van der Waals surface area contributed by atoms with Crippen molar-refractivity contribution in [3.63, 3.8) is 0 Å². The van der Waals surface area contributed by atoms with Crippen molar-refractivity contribution in [2.24, 2.45) is 33.8 Å². The van der Waals surface area contributed by atoms with Crippen molar-refractivity contribution in [2.75, 3.05) is 26.2 Å². The van der Waals surface area contributed by atoms with Crippen LogP contribution in [0.25, 0.3) is 0 Å². The number of hydrogen-bond donors (Lipinski definition) is 13. The van der Waals surface area contributed by atoms with Gasteiger partial charge in [-0.1, -0.05) is 20.3 Å². The van der Waals surface area contributed by atoms with Crippen molar-refractivity contribution >= 4 is 65.1 Å². The molecule has 326 valence electrons. The van der Waals surface area contributed by atoms with Gasteiger partial charge >= 0.3 is 5.97 Å². The van der Waals surface area contributed by atoms with E-state index in [-0.39, 0.29) is 51.0 Å². The zero-order valence-electron chi connectivity index (χ0n) is 33.0. The fraction of sp³-hybridized carbons (Fsp3) is 0.676. The fourth-order valence-corrected chi connectivity index (χ4v) is 5.48. The molecule has 7 atom stereocenters. The van der Waals surface area contributed by atoms with Crippen LogP contribution in [-0.4, -0.2) is 133 Å². The maximum absolute atomic E-state index is 13.3. The predicted octanol–water partition coefficient (Wildman–Crippen LogP) is -5.87. The number of carbonyl (C=O) groups is 10. The van der Waals surface area contributed by atoms with Crippen LogP contribution < -0.4 is 65.5 Å². The van der Waals surface area contributed by atoms with Gasteiger partial charge in [-0.2, -0.15) is 0 Å². The van der Waals surface area contributed by atoms with Crippen LogP contribution in [-0.2, 0) is 47.9 Å². The molecule has 1 rings (SSSR count). The predicted molar refractivity (Wildman–Crippen MR) is 206 cm³/mol. The van der Waals surface area contributed by atoms with E-state index in [1.165, 1.54) is 6.92 Å². The lowest BCUT2D eigenvalue weighted by Crippen LogP contribution is -2.57. The van der Waals surface area contributed by atoms with Gasteiger partial charge in [0, 0.05) is 19.4 Å². The van der Waals surface area contributed by atoms with Gasteiger partial charge in [-0.25, -0.2) is 4.79 Å². The Hall–Kier alpha value is -6.07. The second-order valence-electron chi connectivity index (χ2n) is 13.8. The monoisotopic (exact) mass is 825 g/mol. The van der Waals surface area contributed by atoms with Crippen LogP contribution in [0.2, 0.25) is 0 Å². The molecule has 0 bridgehead atoms. The summed E-state index contributed by atoms with van der Waals surface area (Å²) in [5.74, 6) is -8.87. The van der Waals surface area contributed by atoms with E-state index in [9.17, 15) is 53.1 Å². The van der Waals surface area contributed by atoms with E-state index >= 15 is 0 Å². The summed E-state index contributed by atoms with van der Waals surface area (Å²) in [6, 6.07) is -6.87. The number of rotatable bonds is 27. The molecule has 0 spiro atoms. The Morgan fingerprint density at radius 3 is 1.79 bits per heavy atom. The van der Waals surface area contributed by atoms with Crippen LogP contribution in [0.3, 0.4) is 0 Å². The number of hydrogen-bond acceptors (Lipinski definition) is 12. The van der Waals surface area contributed by atoms with Crippen LogP contribution in [0, 0.1) is 5.92 Å². The number of aliphatic imine (C=N–C) groups is 1. The van der Waals surface area contributed by atoms with Gasteiger partial charge in [-0.3, -0.25) is 48.1 Å². The summed E-state index contributed by atoms with van der Waals surface area (Å²) >= 11 is 0. The highest BCUT2D eigenvalue weighted by atomic mass is 16.4. The summed E-state index contributed by atoms with van der Waals surface area (Å²) in [5.41, 5.74) is 20.9. The third kappa shape index (κ3) is 19.7. The van der Waals surface area contributed by atoms with E-state index in [0.29, 0.717) is 19.4 Å². The highest BCUT2D eigenvalue weighted by Crippen LogP contribution is 2.10. The van der Waals surface area contributed by atoms with Crippen molar-refractivity contribution in [2.45, 2.75) is 115 Å². The number of primary amides is 2. The topological polar surface area (TPSA) is 404 Å². The van der Waals surface area contributed by atoms with Gasteiger partial charge in [0.1, 0.15) is 30.2 Å². The van der Waals surface area contributed by atoms with Crippen LogP contribution in [0.5, 0.6) is 0 Å². The molecule has 1 aliphatic heterocycles. The summed E-state index contributed by atoms with van der Waals surface area (Å²) in [7, 11) is 0. The molecule has 24 heteroatoms. The maximum atomic E-state index is 13.3. The fourth-order valence-electron chi connectivity index (χ4n) is 5.48. The zero-order valence-corrected chi connectivity index (χ0v) is 33.0. The Bertz CT molecular complexity index is 1520. The van der Waals surface area contributed by atoms with Gasteiger partial charge in [0.05, 0.1) is 19.1 Å². The quantitative estimate of drug-likeness (QED) is 0.0209. The van der Waals surface area contributed by atoms with Crippen LogP contribution in [0.1, 0.15) is 78.6 Å². The third-order valence-electron chi connectivity index (χ3n) is 8.99. The van der Waals surface area contributed by atoms with Crippen molar-refractivity contribution in [1.29, 1.82) is 0 Å². The first-order valence-corrected chi connectivity index (χ1v) is 18.9. The molecule has 17 N–H and O–H groups in total. The number of carbonyl (C=O) groups excluding carboxylic acids is 9. The summed E-state index contributed by atoms with van der Waals surface area (Å²) in [6.07, 6.45) is 0.940. The van der Waals surface area contributed by atoms with Crippen molar-refractivity contribution in [3.8, 4) is 0 Å². The van der Waals surface area contributed by atoms with E-state index in [4.69, 9.17) is 22.9 Å². The maximum Gasteiger partial charge on any atom is 0.326 e. The number of amides is 9. The number of aliphatic carboxylic acids is 1. The number of carboxylic acids is 1. The number of carboxylic acid groups (broad SMARTS) is 1. The molecular weight excluding hydrogens is 766 g/mol. The Balaban J connectivity index is 2.81. The van der Waals surface area contributed by atoms with E-state index in [2.05, 4.69) is 47.5 Å². The molecule has 0 aliphatic carbocycles. The van der Waals surface area contributed by atoms with E-state index < -0.39 is 114 Å². The normalized spacial score (nSPS) is 16.4. The van der Waals surface area contributed by atoms with E-state index in [0.717, 1.165) is 6.42 Å². The number of guanidine groups is 1. The molecule has 7 unspecified atom stereocenters. The Labute approximate surface area is 335 Å². The summed E-state index contributed by atoms with van der Waals surface area (Å²) < 4.78 is 0. The van der Waals surface area contributed by atoms with Crippen molar-refractivity contribution in [1.82, 2.24) is 42.5 Å². The van der Waals surface area contributed by atoms with Crippen molar-refractivity contribution < 1.29 is 53.1 Å². The smallest absolute Gasteiger partial charge is 0.326 e. The lowest BCUT2D eigenvalue weighted by atomic mass is 9.98. The molecule has 1 aliphatic rings. The zero-order chi connectivity index (χ0) is 43.9. The van der Waals surface area contributed by atoms with Gasteiger partial charge in [0.25, 0.3) is 0 Å². The Morgan fingerprint density at radius 2 is 1.28 bits per heavy atom. The molecular formula is C34H59N13O11. The molecule has 1 fully saturated rings.